The second-order valence-corrected chi connectivity index (χ2v) is 4.51. The Bertz CT molecular complexity index is 569. The molecule has 0 heterocycles. The average molecular weight is 282 g/mol. The molecule has 0 fully saturated rings. The summed E-state index contributed by atoms with van der Waals surface area (Å²) >= 11 is 0. The fourth-order valence-corrected chi connectivity index (χ4v) is 1.46. The van der Waals surface area contributed by atoms with Gasteiger partial charge >= 0.3 is 0 Å². The summed E-state index contributed by atoms with van der Waals surface area (Å²) in [6.07, 6.45) is 2.63. The molecule has 1 aromatic carbocycles. The van der Waals surface area contributed by atoms with Gasteiger partial charge in [0, 0.05) is 46.4 Å². The molecular weight excluding hydrogens is 266 g/mol. The lowest BCUT2D eigenvalue weighted by atomic mass is 10.1. The number of benzene rings is 1. The fraction of sp³-hybridized carbons (Fsp3) is 0.286. The smallest absolute Gasteiger partial charge is 0.223 e. The minimum Gasteiger partial charge on any atom is -0.383 e. The summed E-state index contributed by atoms with van der Waals surface area (Å²) < 4.78 is 27.3. The van der Waals surface area contributed by atoms with E-state index in [2.05, 4.69) is 0 Å². The second kappa shape index (κ2) is 6.27. The Labute approximate surface area is 116 Å². The van der Waals surface area contributed by atoms with E-state index in [1.165, 1.54) is 26.2 Å². The molecule has 108 valence electrons. The molecule has 0 aromatic heterocycles. The minimum absolute atomic E-state index is 0.138. The summed E-state index contributed by atoms with van der Waals surface area (Å²) in [5.41, 5.74) is -0.423. The number of hydrogen-bond acceptors (Lipinski definition) is 3. The lowest BCUT2D eigenvalue weighted by Crippen LogP contribution is -2.24. The third-order valence-electron chi connectivity index (χ3n) is 2.66. The number of allylic oxidation sites excluding steroid dienone is 1. The van der Waals surface area contributed by atoms with E-state index in [1.807, 2.05) is 0 Å². The number of nitrogens with zero attached hydrogens (tertiary/aromatic N) is 2. The highest BCUT2D eigenvalue weighted by Gasteiger charge is 2.18. The van der Waals surface area contributed by atoms with Crippen LogP contribution in [0.5, 0.6) is 0 Å². The summed E-state index contributed by atoms with van der Waals surface area (Å²) in [5, 5.41) is 0. The maximum atomic E-state index is 13.7. The van der Waals surface area contributed by atoms with E-state index in [-0.39, 0.29) is 11.3 Å². The third kappa shape index (κ3) is 3.63. The van der Waals surface area contributed by atoms with Gasteiger partial charge in [-0.05, 0) is 6.07 Å². The van der Waals surface area contributed by atoms with E-state index in [1.54, 1.807) is 19.0 Å². The maximum absolute atomic E-state index is 13.7. The number of carbonyl (C=O) groups excluding carboxylic acids is 2. The molecule has 6 heteroatoms. The molecule has 0 unspecified atom stereocenters. The number of amides is 1. The molecule has 0 aliphatic heterocycles. The van der Waals surface area contributed by atoms with Crippen molar-refractivity contribution in [2.45, 2.75) is 6.92 Å². The van der Waals surface area contributed by atoms with Crippen LogP contribution in [-0.2, 0) is 4.79 Å². The van der Waals surface area contributed by atoms with Crippen LogP contribution in [0.3, 0.4) is 0 Å². The number of ketones is 1. The van der Waals surface area contributed by atoms with Crippen molar-refractivity contribution >= 4 is 17.4 Å². The quantitative estimate of drug-likeness (QED) is 0.628. The van der Waals surface area contributed by atoms with Crippen molar-refractivity contribution in [1.29, 1.82) is 0 Å². The van der Waals surface area contributed by atoms with Crippen molar-refractivity contribution in [3.63, 3.8) is 0 Å². The molecule has 0 atom stereocenters. The van der Waals surface area contributed by atoms with Crippen LogP contribution in [-0.4, -0.2) is 37.7 Å². The van der Waals surface area contributed by atoms with E-state index in [0.29, 0.717) is 6.07 Å². The number of anilines is 1. The van der Waals surface area contributed by atoms with E-state index >= 15 is 0 Å². The molecule has 0 bridgehead atoms. The predicted octanol–water partition coefficient (Wildman–Crippen LogP) is 2.21. The van der Waals surface area contributed by atoms with Gasteiger partial charge in [-0.1, -0.05) is 0 Å². The molecule has 1 rings (SSSR count). The zero-order valence-electron chi connectivity index (χ0n) is 11.8. The summed E-state index contributed by atoms with van der Waals surface area (Å²) in [6, 6.07) is 1.64. The van der Waals surface area contributed by atoms with Gasteiger partial charge < -0.3 is 9.80 Å². The first kappa shape index (κ1) is 15.8. The van der Waals surface area contributed by atoms with Crippen LogP contribution in [0.25, 0.3) is 0 Å². The first-order valence-electron chi connectivity index (χ1n) is 5.86. The Morgan fingerprint density at radius 3 is 2.20 bits per heavy atom. The molecule has 0 spiro atoms. The second-order valence-electron chi connectivity index (χ2n) is 4.51. The van der Waals surface area contributed by atoms with Gasteiger partial charge in [-0.25, -0.2) is 8.78 Å². The highest BCUT2D eigenvalue weighted by atomic mass is 19.1. The first-order chi connectivity index (χ1) is 9.23. The number of carbonyl (C=O) groups is 2. The van der Waals surface area contributed by atoms with Crippen LogP contribution < -0.4 is 4.90 Å². The molecule has 0 N–H and O–H groups in total. The molecule has 0 aliphatic rings. The van der Waals surface area contributed by atoms with Crippen molar-refractivity contribution in [3.8, 4) is 0 Å². The predicted molar refractivity (Wildman–Crippen MR) is 72.6 cm³/mol. The van der Waals surface area contributed by atoms with E-state index in [4.69, 9.17) is 0 Å². The molecule has 0 saturated heterocycles. The third-order valence-corrected chi connectivity index (χ3v) is 2.66. The van der Waals surface area contributed by atoms with Gasteiger partial charge in [-0.3, -0.25) is 9.59 Å². The maximum Gasteiger partial charge on any atom is 0.223 e. The van der Waals surface area contributed by atoms with Crippen molar-refractivity contribution < 1.29 is 18.4 Å². The molecule has 0 radical (unpaired) electrons. The van der Waals surface area contributed by atoms with Crippen LogP contribution in [0, 0.1) is 11.6 Å². The Balaban J connectivity index is 3.24. The van der Waals surface area contributed by atoms with Gasteiger partial charge in [-0.15, -0.1) is 0 Å². The standard InChI is InChI=1S/C14H16F2N2O2/c1-9(19)18(4)13-7-10(11(15)8-12(13)16)14(20)5-6-17(2)3/h5-8H,1-4H3/b6-5+. The Hall–Kier alpha value is -2.24. The van der Waals surface area contributed by atoms with Gasteiger partial charge in [0.2, 0.25) is 5.91 Å². The Kier molecular flexibility index (Phi) is 4.96. The van der Waals surface area contributed by atoms with Crippen molar-refractivity contribution in [3.05, 3.63) is 41.6 Å². The van der Waals surface area contributed by atoms with Crippen LogP contribution in [0.1, 0.15) is 17.3 Å². The summed E-state index contributed by atoms with van der Waals surface area (Å²) in [7, 11) is 4.77. The van der Waals surface area contributed by atoms with E-state index in [9.17, 15) is 18.4 Å². The molecule has 4 nitrogen and oxygen atoms in total. The molecule has 0 aliphatic carbocycles. The van der Waals surface area contributed by atoms with E-state index in [0.717, 1.165) is 11.0 Å². The summed E-state index contributed by atoms with van der Waals surface area (Å²) in [5.74, 6) is -2.88. The minimum atomic E-state index is -0.961. The molecule has 1 aromatic rings. The Morgan fingerprint density at radius 2 is 1.70 bits per heavy atom. The van der Waals surface area contributed by atoms with Gasteiger partial charge in [0.15, 0.2) is 5.78 Å². The SMILES string of the molecule is CC(=O)N(C)c1cc(C(=O)/C=C/N(C)C)c(F)cc1F. The van der Waals surface area contributed by atoms with Gasteiger partial charge in [0.1, 0.15) is 11.6 Å². The van der Waals surface area contributed by atoms with Crippen LogP contribution in [0.4, 0.5) is 14.5 Å². The lowest BCUT2D eigenvalue weighted by Gasteiger charge is -2.16. The molecule has 0 saturated carbocycles. The highest BCUT2D eigenvalue weighted by molar-refractivity contribution is 6.05. The van der Waals surface area contributed by atoms with Crippen LogP contribution in [0.2, 0.25) is 0 Å². The molecule has 1 amide bonds. The van der Waals surface area contributed by atoms with Crippen LogP contribution >= 0.6 is 0 Å². The number of hydrogen-bond donors (Lipinski definition) is 0. The summed E-state index contributed by atoms with van der Waals surface area (Å²) in [4.78, 5) is 25.7. The Morgan fingerprint density at radius 1 is 1.10 bits per heavy atom. The fourth-order valence-electron chi connectivity index (χ4n) is 1.46. The van der Waals surface area contributed by atoms with Gasteiger partial charge in [0.25, 0.3) is 0 Å². The first-order valence-corrected chi connectivity index (χ1v) is 5.86. The molecular formula is C14H16F2N2O2. The van der Waals surface area contributed by atoms with E-state index < -0.39 is 23.3 Å². The average Bonchev–Trinajstić information content (AvgIpc) is 2.35. The zero-order chi connectivity index (χ0) is 15.4. The van der Waals surface area contributed by atoms with Crippen molar-refractivity contribution in [2.24, 2.45) is 0 Å². The monoisotopic (exact) mass is 282 g/mol. The molecule has 20 heavy (non-hydrogen) atoms. The zero-order valence-corrected chi connectivity index (χ0v) is 11.8. The van der Waals surface area contributed by atoms with Crippen molar-refractivity contribution in [2.75, 3.05) is 26.0 Å². The number of rotatable bonds is 4. The van der Waals surface area contributed by atoms with Gasteiger partial charge in [-0.2, -0.15) is 0 Å². The lowest BCUT2D eigenvalue weighted by molar-refractivity contribution is -0.116. The normalized spacial score (nSPS) is 10.7. The summed E-state index contributed by atoms with van der Waals surface area (Å²) in [6.45, 7) is 1.25. The number of halogens is 2. The highest BCUT2D eigenvalue weighted by Crippen LogP contribution is 2.23. The van der Waals surface area contributed by atoms with Crippen LogP contribution in [0.15, 0.2) is 24.4 Å². The topological polar surface area (TPSA) is 40.6 Å². The van der Waals surface area contributed by atoms with Crippen molar-refractivity contribution in [1.82, 2.24) is 4.90 Å². The largest absolute Gasteiger partial charge is 0.383 e. The van der Waals surface area contributed by atoms with Gasteiger partial charge in [0.05, 0.1) is 11.3 Å².